The van der Waals surface area contributed by atoms with Gasteiger partial charge < -0.3 is 4.18 Å². The van der Waals surface area contributed by atoms with Crippen LogP contribution in [-0.4, -0.2) is 8.42 Å². The van der Waals surface area contributed by atoms with E-state index in [2.05, 4.69) is 0 Å². The third-order valence-electron chi connectivity index (χ3n) is 4.29. The van der Waals surface area contributed by atoms with Crippen molar-refractivity contribution in [2.24, 2.45) is 0 Å². The van der Waals surface area contributed by atoms with E-state index in [4.69, 9.17) is 4.18 Å². The number of rotatable bonds is 3. The Kier molecular flexibility index (Phi) is 3.96. The van der Waals surface area contributed by atoms with Crippen molar-refractivity contribution in [3.8, 4) is 5.75 Å². The van der Waals surface area contributed by atoms with Crippen LogP contribution in [0, 0.1) is 13.8 Å². The first-order valence-corrected chi connectivity index (χ1v) is 9.00. The van der Waals surface area contributed by atoms with Crippen LogP contribution in [-0.2, 0) is 23.0 Å². The van der Waals surface area contributed by atoms with Crippen LogP contribution in [0.2, 0.25) is 0 Å². The molecule has 0 atom stereocenters. The van der Waals surface area contributed by atoms with Gasteiger partial charge in [-0.1, -0.05) is 12.1 Å². The van der Waals surface area contributed by atoms with Crippen molar-refractivity contribution in [1.29, 1.82) is 0 Å². The number of benzene rings is 2. The Hall–Kier alpha value is -1.81. The summed E-state index contributed by atoms with van der Waals surface area (Å²) in [4.78, 5) is 0.202. The molecule has 0 bridgehead atoms. The van der Waals surface area contributed by atoms with E-state index in [-0.39, 0.29) is 4.90 Å². The Morgan fingerprint density at radius 2 is 1.59 bits per heavy atom. The lowest BCUT2D eigenvalue weighted by atomic mass is 9.92. The summed E-state index contributed by atoms with van der Waals surface area (Å²) >= 11 is 0. The van der Waals surface area contributed by atoms with Crippen molar-refractivity contribution in [3.63, 3.8) is 0 Å². The molecule has 0 aromatic heterocycles. The summed E-state index contributed by atoms with van der Waals surface area (Å²) in [5.41, 5.74) is 4.52. The van der Waals surface area contributed by atoms with E-state index in [9.17, 15) is 8.42 Å². The molecule has 0 aliphatic heterocycles. The zero-order valence-electron chi connectivity index (χ0n) is 12.9. The largest absolute Gasteiger partial charge is 0.379 e. The third kappa shape index (κ3) is 3.02. The minimum Gasteiger partial charge on any atom is -0.379 e. The molecule has 3 nitrogen and oxygen atoms in total. The van der Waals surface area contributed by atoms with Crippen LogP contribution in [0.5, 0.6) is 5.75 Å². The minimum absolute atomic E-state index is 0.202. The molecule has 0 fully saturated rings. The molecule has 2 aromatic rings. The maximum absolute atomic E-state index is 12.4. The molecule has 1 aliphatic rings. The molecular formula is C18H20O3S. The highest BCUT2D eigenvalue weighted by Crippen LogP contribution is 2.27. The number of aryl methyl sites for hydroxylation is 4. The summed E-state index contributed by atoms with van der Waals surface area (Å²) in [6, 6.07) is 10.7. The summed E-state index contributed by atoms with van der Waals surface area (Å²) in [6.45, 7) is 3.85. The molecule has 22 heavy (non-hydrogen) atoms. The molecule has 0 radical (unpaired) electrons. The van der Waals surface area contributed by atoms with Crippen LogP contribution >= 0.6 is 0 Å². The van der Waals surface area contributed by atoms with E-state index in [0.29, 0.717) is 5.75 Å². The van der Waals surface area contributed by atoms with Crippen molar-refractivity contribution in [3.05, 3.63) is 58.7 Å². The van der Waals surface area contributed by atoms with Crippen LogP contribution < -0.4 is 4.18 Å². The summed E-state index contributed by atoms with van der Waals surface area (Å²) in [6.07, 6.45) is 4.42. The van der Waals surface area contributed by atoms with Crippen molar-refractivity contribution in [2.45, 2.75) is 44.4 Å². The molecule has 1 aliphatic carbocycles. The topological polar surface area (TPSA) is 43.4 Å². The van der Waals surface area contributed by atoms with E-state index >= 15 is 0 Å². The highest BCUT2D eigenvalue weighted by molar-refractivity contribution is 7.87. The molecular weight excluding hydrogens is 296 g/mol. The van der Waals surface area contributed by atoms with Crippen LogP contribution in [0.3, 0.4) is 0 Å². The first-order valence-electron chi connectivity index (χ1n) is 7.59. The molecule has 116 valence electrons. The van der Waals surface area contributed by atoms with Gasteiger partial charge in [0.15, 0.2) is 0 Å². The predicted molar refractivity (Wildman–Crippen MR) is 86.8 cm³/mol. The quantitative estimate of drug-likeness (QED) is 0.805. The number of hydrogen-bond acceptors (Lipinski definition) is 3. The Morgan fingerprint density at radius 3 is 2.32 bits per heavy atom. The van der Waals surface area contributed by atoms with Gasteiger partial charge in [0.2, 0.25) is 0 Å². The van der Waals surface area contributed by atoms with Gasteiger partial charge in [0.1, 0.15) is 10.6 Å². The number of fused-ring (bicyclic) bond motifs is 1. The fraction of sp³-hybridized carbons (Fsp3) is 0.333. The maximum atomic E-state index is 12.4. The Labute approximate surface area is 132 Å². The van der Waals surface area contributed by atoms with Gasteiger partial charge in [-0.05, 0) is 86.1 Å². The van der Waals surface area contributed by atoms with Gasteiger partial charge in [-0.2, -0.15) is 8.42 Å². The Balaban J connectivity index is 1.89. The summed E-state index contributed by atoms with van der Waals surface area (Å²) in [5.74, 6) is 0.402. The third-order valence-corrected chi connectivity index (χ3v) is 5.54. The van der Waals surface area contributed by atoms with Crippen LogP contribution in [0.1, 0.15) is 35.1 Å². The van der Waals surface area contributed by atoms with E-state index < -0.39 is 10.1 Å². The number of hydrogen-bond donors (Lipinski definition) is 0. The van der Waals surface area contributed by atoms with Gasteiger partial charge in [0, 0.05) is 0 Å². The second kappa shape index (κ2) is 5.76. The second-order valence-corrected chi connectivity index (χ2v) is 7.47. The lowest BCUT2D eigenvalue weighted by molar-refractivity contribution is 0.485. The molecule has 4 heteroatoms. The van der Waals surface area contributed by atoms with Gasteiger partial charge in [0.25, 0.3) is 0 Å². The molecule has 0 spiro atoms. The van der Waals surface area contributed by atoms with Gasteiger partial charge in [0.05, 0.1) is 0 Å². The standard InChI is InChI=1S/C18H20O3S/c1-13-7-10-18(11-14(13)2)22(19,20)21-17-9-8-15-5-3-4-6-16(15)12-17/h7-12H,3-6H2,1-2H3. The van der Waals surface area contributed by atoms with Crippen LogP contribution in [0.25, 0.3) is 0 Å². The van der Waals surface area contributed by atoms with E-state index in [1.807, 2.05) is 26.0 Å². The molecule has 2 aromatic carbocycles. The fourth-order valence-electron chi connectivity index (χ4n) is 2.81. The smallest absolute Gasteiger partial charge is 0.339 e. The van der Waals surface area contributed by atoms with Gasteiger partial charge in [-0.3, -0.25) is 0 Å². The normalized spacial score (nSPS) is 14.5. The van der Waals surface area contributed by atoms with Crippen molar-refractivity contribution >= 4 is 10.1 Å². The highest BCUT2D eigenvalue weighted by Gasteiger charge is 2.18. The zero-order chi connectivity index (χ0) is 15.7. The van der Waals surface area contributed by atoms with Crippen LogP contribution in [0.4, 0.5) is 0 Å². The zero-order valence-corrected chi connectivity index (χ0v) is 13.7. The minimum atomic E-state index is -3.78. The highest BCUT2D eigenvalue weighted by atomic mass is 32.2. The average molecular weight is 316 g/mol. The summed E-state index contributed by atoms with van der Waals surface area (Å²) < 4.78 is 30.1. The van der Waals surface area contributed by atoms with Crippen LogP contribution in [0.15, 0.2) is 41.3 Å². The molecule has 0 unspecified atom stereocenters. The molecule has 0 amide bonds. The molecule has 0 saturated heterocycles. The summed E-state index contributed by atoms with van der Waals surface area (Å²) in [5, 5.41) is 0. The monoisotopic (exact) mass is 316 g/mol. The fourth-order valence-corrected chi connectivity index (χ4v) is 3.81. The Morgan fingerprint density at radius 1 is 0.864 bits per heavy atom. The van der Waals surface area contributed by atoms with Crippen molar-refractivity contribution < 1.29 is 12.6 Å². The maximum Gasteiger partial charge on any atom is 0.339 e. The van der Waals surface area contributed by atoms with E-state index in [0.717, 1.165) is 30.4 Å². The first-order chi connectivity index (χ1) is 10.5. The molecule has 0 heterocycles. The lowest BCUT2D eigenvalue weighted by Crippen LogP contribution is -2.11. The Bertz CT molecular complexity index is 807. The second-order valence-electron chi connectivity index (χ2n) is 5.92. The average Bonchev–Trinajstić information content (AvgIpc) is 2.49. The van der Waals surface area contributed by atoms with Gasteiger partial charge >= 0.3 is 10.1 Å². The van der Waals surface area contributed by atoms with Crippen molar-refractivity contribution in [1.82, 2.24) is 0 Å². The van der Waals surface area contributed by atoms with E-state index in [1.54, 1.807) is 24.3 Å². The van der Waals surface area contributed by atoms with E-state index in [1.165, 1.54) is 17.5 Å². The summed E-state index contributed by atoms with van der Waals surface area (Å²) in [7, 11) is -3.78. The molecule has 0 saturated carbocycles. The van der Waals surface area contributed by atoms with Gasteiger partial charge in [-0.25, -0.2) is 0 Å². The molecule has 0 N–H and O–H groups in total. The SMILES string of the molecule is Cc1ccc(S(=O)(=O)Oc2ccc3c(c2)CCCC3)cc1C. The van der Waals surface area contributed by atoms with Crippen molar-refractivity contribution in [2.75, 3.05) is 0 Å². The molecule has 3 rings (SSSR count). The predicted octanol–water partition coefficient (Wildman–Crippen LogP) is 3.95. The lowest BCUT2D eigenvalue weighted by Gasteiger charge is -2.16. The van der Waals surface area contributed by atoms with Gasteiger partial charge in [-0.15, -0.1) is 0 Å². The first kappa shape index (κ1) is 15.1.